The number of nitrogens with one attached hydrogen (secondary N) is 2. The van der Waals surface area contributed by atoms with E-state index >= 15 is 0 Å². The minimum absolute atomic E-state index is 0.132. The molecule has 0 unspecified atom stereocenters. The lowest BCUT2D eigenvalue weighted by Gasteiger charge is -2.20. The first-order valence-electron chi connectivity index (χ1n) is 10.1. The van der Waals surface area contributed by atoms with Crippen molar-refractivity contribution in [1.82, 2.24) is 4.72 Å². The maximum atomic E-state index is 13.2. The lowest BCUT2D eigenvalue weighted by Crippen LogP contribution is -2.45. The van der Waals surface area contributed by atoms with Gasteiger partial charge in [-0.1, -0.05) is 67.1 Å². The highest BCUT2D eigenvalue weighted by molar-refractivity contribution is 7.89. The van der Waals surface area contributed by atoms with E-state index in [0.29, 0.717) is 5.69 Å². The maximum Gasteiger partial charge on any atom is 0.245 e. The molecule has 0 aromatic heterocycles. The third-order valence-electron chi connectivity index (χ3n) is 4.97. The maximum absolute atomic E-state index is 13.2. The number of anilines is 1. The number of benzene rings is 3. The van der Waals surface area contributed by atoms with Crippen LogP contribution in [0.1, 0.15) is 18.1 Å². The van der Waals surface area contributed by atoms with Gasteiger partial charge in [0.1, 0.15) is 16.7 Å². The molecule has 1 atom stereocenters. The van der Waals surface area contributed by atoms with Gasteiger partial charge >= 0.3 is 0 Å². The average molecular weight is 473 g/mol. The summed E-state index contributed by atoms with van der Waals surface area (Å²) in [4.78, 5) is 13.1. The molecule has 6 nitrogen and oxygen atoms in total. The molecule has 0 saturated heterocycles. The normalized spacial score (nSPS) is 12.2. The average Bonchev–Trinajstić information content (AvgIpc) is 2.79. The molecule has 0 radical (unpaired) electrons. The second-order valence-electron chi connectivity index (χ2n) is 7.16. The molecule has 2 N–H and O–H groups in total. The number of sulfonamides is 1. The van der Waals surface area contributed by atoms with E-state index in [1.807, 2.05) is 55.5 Å². The fourth-order valence-electron chi connectivity index (χ4n) is 3.32. The third-order valence-corrected chi connectivity index (χ3v) is 6.70. The van der Waals surface area contributed by atoms with E-state index in [1.54, 1.807) is 6.07 Å². The fourth-order valence-corrected chi connectivity index (χ4v) is 4.95. The van der Waals surface area contributed by atoms with E-state index in [-0.39, 0.29) is 22.1 Å². The summed E-state index contributed by atoms with van der Waals surface area (Å²) < 4.78 is 34.2. The number of amides is 1. The molecule has 168 valence electrons. The summed E-state index contributed by atoms with van der Waals surface area (Å²) in [5.74, 6) is -0.323. The number of hydrogen-bond donors (Lipinski definition) is 2. The standard InChI is InChI=1S/C24H25ClN2O4S/c1-3-18-11-7-8-12-20(18)26-24(28)21(15-17-9-5-4-6-10-17)27-32(29,30)23-16-19(25)13-14-22(23)31-2/h4-14,16,21,27H,3,15H2,1-2H3,(H,26,28)/t21-/m0/s1. The van der Waals surface area contributed by atoms with Crippen molar-refractivity contribution in [1.29, 1.82) is 0 Å². The van der Waals surface area contributed by atoms with Gasteiger partial charge in [0.25, 0.3) is 0 Å². The number of aryl methyl sites for hydroxylation is 1. The number of halogens is 1. The van der Waals surface area contributed by atoms with Crippen LogP contribution in [0.25, 0.3) is 0 Å². The Labute approximate surface area is 193 Å². The molecular formula is C24H25ClN2O4S. The van der Waals surface area contributed by atoms with Crippen molar-refractivity contribution in [3.63, 3.8) is 0 Å². The Morgan fingerprint density at radius 1 is 1.03 bits per heavy atom. The van der Waals surface area contributed by atoms with Crippen molar-refractivity contribution in [3.8, 4) is 5.75 Å². The molecule has 0 fully saturated rings. The zero-order valence-corrected chi connectivity index (χ0v) is 19.4. The second-order valence-corrected chi connectivity index (χ2v) is 9.28. The van der Waals surface area contributed by atoms with Crippen LogP contribution in [-0.4, -0.2) is 27.5 Å². The van der Waals surface area contributed by atoms with Gasteiger partial charge in [-0.05, 0) is 48.2 Å². The number of ether oxygens (including phenoxy) is 1. The van der Waals surface area contributed by atoms with Crippen LogP contribution in [0, 0.1) is 0 Å². The minimum Gasteiger partial charge on any atom is -0.495 e. The molecule has 1 amide bonds. The molecule has 0 aliphatic carbocycles. The first kappa shape index (κ1) is 23.8. The van der Waals surface area contributed by atoms with Gasteiger partial charge in [0.2, 0.25) is 15.9 Å². The quantitative estimate of drug-likeness (QED) is 0.482. The van der Waals surface area contributed by atoms with Crippen LogP contribution in [0.5, 0.6) is 5.75 Å². The molecule has 0 aliphatic heterocycles. The van der Waals surface area contributed by atoms with Crippen LogP contribution in [0.3, 0.4) is 0 Å². The Kier molecular flexibility index (Phi) is 7.90. The van der Waals surface area contributed by atoms with Crippen LogP contribution in [0.2, 0.25) is 5.02 Å². The zero-order valence-electron chi connectivity index (χ0n) is 17.8. The van der Waals surface area contributed by atoms with Gasteiger partial charge in [0.15, 0.2) is 0 Å². The fraction of sp³-hybridized carbons (Fsp3) is 0.208. The van der Waals surface area contributed by atoms with Crippen molar-refractivity contribution in [2.24, 2.45) is 0 Å². The summed E-state index contributed by atoms with van der Waals surface area (Å²) in [5, 5.41) is 3.12. The highest BCUT2D eigenvalue weighted by Gasteiger charge is 2.29. The Morgan fingerprint density at radius 2 is 1.72 bits per heavy atom. The summed E-state index contributed by atoms with van der Waals surface area (Å²) in [5.41, 5.74) is 2.42. The summed E-state index contributed by atoms with van der Waals surface area (Å²) in [6.07, 6.45) is 0.897. The number of rotatable bonds is 9. The van der Waals surface area contributed by atoms with Gasteiger partial charge in [-0.2, -0.15) is 4.72 Å². The second kappa shape index (κ2) is 10.6. The number of carbonyl (C=O) groups excluding carboxylic acids is 1. The number of methoxy groups -OCH3 is 1. The van der Waals surface area contributed by atoms with E-state index in [9.17, 15) is 13.2 Å². The van der Waals surface area contributed by atoms with Crippen molar-refractivity contribution < 1.29 is 17.9 Å². The third kappa shape index (κ3) is 5.88. The van der Waals surface area contributed by atoms with Gasteiger partial charge in [-0.25, -0.2) is 8.42 Å². The van der Waals surface area contributed by atoms with E-state index < -0.39 is 22.0 Å². The molecule has 8 heteroatoms. The van der Waals surface area contributed by atoms with E-state index in [4.69, 9.17) is 16.3 Å². The minimum atomic E-state index is -4.12. The van der Waals surface area contributed by atoms with Crippen molar-refractivity contribution >= 4 is 33.2 Å². The highest BCUT2D eigenvalue weighted by Crippen LogP contribution is 2.27. The Bertz CT molecular complexity index is 1180. The van der Waals surface area contributed by atoms with Crippen LogP contribution < -0.4 is 14.8 Å². The Morgan fingerprint density at radius 3 is 2.41 bits per heavy atom. The van der Waals surface area contributed by atoms with Crippen molar-refractivity contribution in [3.05, 3.63) is 88.9 Å². The molecule has 0 aliphatic rings. The highest BCUT2D eigenvalue weighted by atomic mass is 35.5. The number of hydrogen-bond acceptors (Lipinski definition) is 4. The molecule has 0 spiro atoms. The zero-order chi connectivity index (χ0) is 23.1. The van der Waals surface area contributed by atoms with E-state index in [2.05, 4.69) is 10.0 Å². The summed E-state index contributed by atoms with van der Waals surface area (Å²) >= 11 is 6.02. The molecule has 3 aromatic rings. The molecule has 32 heavy (non-hydrogen) atoms. The molecule has 0 saturated carbocycles. The van der Waals surface area contributed by atoms with Crippen molar-refractivity contribution in [2.75, 3.05) is 12.4 Å². The van der Waals surface area contributed by atoms with E-state index in [0.717, 1.165) is 17.5 Å². The predicted octanol–water partition coefficient (Wildman–Crippen LogP) is 4.44. The van der Waals surface area contributed by atoms with Gasteiger partial charge in [-0.3, -0.25) is 4.79 Å². The number of para-hydroxylation sites is 1. The summed E-state index contributed by atoms with van der Waals surface area (Å²) in [6.45, 7) is 1.99. The van der Waals surface area contributed by atoms with Crippen LogP contribution >= 0.6 is 11.6 Å². The lowest BCUT2D eigenvalue weighted by atomic mass is 10.1. The first-order chi connectivity index (χ1) is 15.3. The van der Waals surface area contributed by atoms with E-state index in [1.165, 1.54) is 25.3 Å². The molecule has 0 bridgehead atoms. The van der Waals surface area contributed by atoms with Gasteiger partial charge in [0, 0.05) is 10.7 Å². The predicted molar refractivity (Wildman–Crippen MR) is 127 cm³/mol. The Hall–Kier alpha value is -2.87. The Balaban J connectivity index is 1.94. The summed E-state index contributed by atoms with van der Waals surface area (Å²) in [7, 11) is -2.75. The SMILES string of the molecule is CCc1ccccc1NC(=O)[C@H](Cc1ccccc1)NS(=O)(=O)c1cc(Cl)ccc1OC. The largest absolute Gasteiger partial charge is 0.495 e. The molecule has 0 heterocycles. The van der Waals surface area contributed by atoms with Gasteiger partial charge < -0.3 is 10.1 Å². The van der Waals surface area contributed by atoms with Crippen molar-refractivity contribution in [2.45, 2.75) is 30.7 Å². The van der Waals surface area contributed by atoms with Gasteiger partial charge in [0.05, 0.1) is 7.11 Å². The molecule has 3 rings (SSSR count). The number of carbonyl (C=O) groups is 1. The first-order valence-corrected chi connectivity index (χ1v) is 12.0. The smallest absolute Gasteiger partial charge is 0.245 e. The lowest BCUT2D eigenvalue weighted by molar-refractivity contribution is -0.117. The van der Waals surface area contributed by atoms with Crippen LogP contribution in [0.4, 0.5) is 5.69 Å². The van der Waals surface area contributed by atoms with Crippen LogP contribution in [-0.2, 0) is 27.7 Å². The molecule has 3 aromatic carbocycles. The van der Waals surface area contributed by atoms with Crippen LogP contribution in [0.15, 0.2) is 77.7 Å². The summed E-state index contributed by atoms with van der Waals surface area (Å²) in [6, 6.07) is 19.9. The van der Waals surface area contributed by atoms with Gasteiger partial charge in [-0.15, -0.1) is 0 Å². The topological polar surface area (TPSA) is 84.5 Å². The molecular weight excluding hydrogens is 448 g/mol. The monoisotopic (exact) mass is 472 g/mol.